The zero-order valence-electron chi connectivity index (χ0n) is 8.53. The van der Waals surface area contributed by atoms with Crippen molar-refractivity contribution in [3.05, 3.63) is 17.1 Å². The van der Waals surface area contributed by atoms with Gasteiger partial charge in [0, 0.05) is 5.92 Å². The van der Waals surface area contributed by atoms with E-state index in [0.717, 1.165) is 0 Å². The minimum atomic E-state index is -0.588. The molecule has 0 saturated heterocycles. The molecule has 4 N–H and O–H groups in total. The summed E-state index contributed by atoms with van der Waals surface area (Å²) in [6.07, 6.45) is 0. The van der Waals surface area contributed by atoms with Crippen LogP contribution in [0, 0.1) is 6.92 Å². The van der Waals surface area contributed by atoms with Gasteiger partial charge in [0.05, 0.1) is 5.69 Å². The molecule has 0 aliphatic carbocycles. The Balaban J connectivity index is 3.32. The number of hydrogen-bond donors (Lipinski definition) is 2. The molecule has 0 bridgehead atoms. The third kappa shape index (κ3) is 1.81. The van der Waals surface area contributed by atoms with Crippen molar-refractivity contribution in [1.82, 2.24) is 9.97 Å². The van der Waals surface area contributed by atoms with Crippen molar-refractivity contribution in [2.45, 2.75) is 26.7 Å². The first-order valence-corrected chi connectivity index (χ1v) is 4.37. The standard InChI is InChI=1S/C9H14N4O/c1-4(2)9-12-5(3)6(8(11)14)7(10)13-9/h4H,1-3H3,(H2,11,14)(H2,10,12,13). The number of anilines is 1. The number of amides is 1. The van der Waals surface area contributed by atoms with E-state index < -0.39 is 5.91 Å². The maximum Gasteiger partial charge on any atom is 0.254 e. The minimum Gasteiger partial charge on any atom is -0.383 e. The molecule has 1 aromatic rings. The summed E-state index contributed by atoms with van der Waals surface area (Å²) in [4.78, 5) is 19.2. The molecule has 5 nitrogen and oxygen atoms in total. The topological polar surface area (TPSA) is 94.9 Å². The van der Waals surface area contributed by atoms with Gasteiger partial charge in [-0.05, 0) is 6.92 Å². The van der Waals surface area contributed by atoms with Crippen LogP contribution in [0.4, 0.5) is 5.82 Å². The molecule has 5 heteroatoms. The van der Waals surface area contributed by atoms with Crippen molar-refractivity contribution in [2.24, 2.45) is 5.73 Å². The smallest absolute Gasteiger partial charge is 0.254 e. The number of nitrogen functional groups attached to an aromatic ring is 1. The van der Waals surface area contributed by atoms with Gasteiger partial charge in [-0.25, -0.2) is 9.97 Å². The lowest BCUT2D eigenvalue weighted by Gasteiger charge is -2.09. The summed E-state index contributed by atoms with van der Waals surface area (Å²) in [7, 11) is 0. The average Bonchev–Trinajstić information content (AvgIpc) is 2.01. The number of hydrogen-bond acceptors (Lipinski definition) is 4. The molecule has 0 unspecified atom stereocenters. The second kappa shape index (κ2) is 3.61. The Morgan fingerprint density at radius 3 is 2.29 bits per heavy atom. The summed E-state index contributed by atoms with van der Waals surface area (Å²) < 4.78 is 0. The Morgan fingerprint density at radius 1 is 1.36 bits per heavy atom. The van der Waals surface area contributed by atoms with Crippen molar-refractivity contribution in [1.29, 1.82) is 0 Å². The Bertz CT molecular complexity index is 350. The average molecular weight is 194 g/mol. The van der Waals surface area contributed by atoms with Gasteiger partial charge in [-0.15, -0.1) is 0 Å². The molecule has 0 radical (unpaired) electrons. The van der Waals surface area contributed by atoms with Gasteiger partial charge >= 0.3 is 0 Å². The molecule has 0 fully saturated rings. The molecular weight excluding hydrogens is 180 g/mol. The fourth-order valence-electron chi connectivity index (χ4n) is 1.18. The van der Waals surface area contributed by atoms with Crippen LogP contribution in [0.5, 0.6) is 0 Å². The van der Waals surface area contributed by atoms with Crippen molar-refractivity contribution in [3.8, 4) is 0 Å². The van der Waals surface area contributed by atoms with Crippen LogP contribution < -0.4 is 11.5 Å². The Kier molecular flexibility index (Phi) is 2.69. The second-order valence-corrected chi connectivity index (χ2v) is 3.45. The van der Waals surface area contributed by atoms with E-state index in [4.69, 9.17) is 11.5 Å². The molecule has 0 saturated carbocycles. The molecule has 0 spiro atoms. The van der Waals surface area contributed by atoms with Gasteiger partial charge in [-0.3, -0.25) is 4.79 Å². The van der Waals surface area contributed by atoms with Gasteiger partial charge in [0.15, 0.2) is 0 Å². The van der Waals surface area contributed by atoms with Crippen molar-refractivity contribution in [3.63, 3.8) is 0 Å². The zero-order chi connectivity index (χ0) is 10.9. The molecule has 1 heterocycles. The molecule has 14 heavy (non-hydrogen) atoms. The molecule has 0 aromatic carbocycles. The largest absolute Gasteiger partial charge is 0.383 e. The van der Waals surface area contributed by atoms with E-state index in [0.29, 0.717) is 11.5 Å². The summed E-state index contributed by atoms with van der Waals surface area (Å²) in [5.74, 6) is 0.381. The zero-order valence-corrected chi connectivity index (χ0v) is 8.53. The van der Waals surface area contributed by atoms with Gasteiger partial charge in [0.1, 0.15) is 17.2 Å². The summed E-state index contributed by atoms with van der Waals surface area (Å²) >= 11 is 0. The van der Waals surface area contributed by atoms with E-state index in [1.807, 2.05) is 13.8 Å². The first-order chi connectivity index (χ1) is 6.43. The van der Waals surface area contributed by atoms with E-state index >= 15 is 0 Å². The van der Waals surface area contributed by atoms with E-state index in [2.05, 4.69) is 9.97 Å². The predicted molar refractivity (Wildman–Crippen MR) is 53.8 cm³/mol. The second-order valence-electron chi connectivity index (χ2n) is 3.45. The number of rotatable bonds is 2. The van der Waals surface area contributed by atoms with Crippen LogP contribution in [0.3, 0.4) is 0 Å². The molecule has 76 valence electrons. The van der Waals surface area contributed by atoms with Crippen molar-refractivity contribution >= 4 is 11.7 Å². The van der Waals surface area contributed by atoms with Gasteiger partial charge in [-0.1, -0.05) is 13.8 Å². The Hall–Kier alpha value is -1.65. The Morgan fingerprint density at radius 2 is 1.93 bits per heavy atom. The van der Waals surface area contributed by atoms with Crippen LogP contribution in [0.2, 0.25) is 0 Å². The van der Waals surface area contributed by atoms with E-state index in [9.17, 15) is 4.79 Å². The van der Waals surface area contributed by atoms with Gasteiger partial charge in [0.25, 0.3) is 5.91 Å². The minimum absolute atomic E-state index is 0.161. The molecule has 1 amide bonds. The fourth-order valence-corrected chi connectivity index (χ4v) is 1.18. The molecule has 1 aromatic heterocycles. The monoisotopic (exact) mass is 194 g/mol. The fraction of sp³-hybridized carbons (Fsp3) is 0.444. The first-order valence-electron chi connectivity index (χ1n) is 4.37. The molecule has 1 rings (SSSR count). The lowest BCUT2D eigenvalue weighted by molar-refractivity contribution is 0.1000. The van der Waals surface area contributed by atoms with Crippen LogP contribution in [-0.4, -0.2) is 15.9 Å². The first kappa shape index (κ1) is 10.4. The SMILES string of the molecule is Cc1nc(C(C)C)nc(N)c1C(N)=O. The number of nitrogens with zero attached hydrogens (tertiary/aromatic N) is 2. The van der Waals surface area contributed by atoms with Gasteiger partial charge in [-0.2, -0.15) is 0 Å². The van der Waals surface area contributed by atoms with E-state index in [-0.39, 0.29) is 17.3 Å². The summed E-state index contributed by atoms with van der Waals surface area (Å²) in [5.41, 5.74) is 11.5. The van der Waals surface area contributed by atoms with Gasteiger partial charge < -0.3 is 11.5 Å². The van der Waals surface area contributed by atoms with Crippen molar-refractivity contribution < 1.29 is 4.79 Å². The highest BCUT2D eigenvalue weighted by atomic mass is 16.1. The van der Waals surface area contributed by atoms with E-state index in [1.54, 1.807) is 6.92 Å². The Labute approximate surface area is 82.5 Å². The number of primary amides is 1. The number of aryl methyl sites for hydroxylation is 1. The van der Waals surface area contributed by atoms with Crippen LogP contribution in [0.25, 0.3) is 0 Å². The molecule has 0 atom stereocenters. The predicted octanol–water partition coefficient (Wildman–Crippen LogP) is 0.590. The van der Waals surface area contributed by atoms with Gasteiger partial charge in [0.2, 0.25) is 0 Å². The number of carbonyl (C=O) groups is 1. The highest BCUT2D eigenvalue weighted by Gasteiger charge is 2.14. The number of aromatic nitrogens is 2. The number of nitrogens with two attached hydrogens (primary N) is 2. The normalized spacial score (nSPS) is 10.6. The highest BCUT2D eigenvalue weighted by Crippen LogP contribution is 2.16. The summed E-state index contributed by atoms with van der Waals surface area (Å²) in [6.45, 7) is 5.61. The molecule has 0 aliphatic heterocycles. The lowest BCUT2D eigenvalue weighted by Crippen LogP contribution is -2.18. The van der Waals surface area contributed by atoms with Crippen LogP contribution >= 0.6 is 0 Å². The summed E-state index contributed by atoms with van der Waals surface area (Å²) in [6, 6.07) is 0. The maximum atomic E-state index is 11.0. The third-order valence-corrected chi connectivity index (χ3v) is 1.90. The van der Waals surface area contributed by atoms with Crippen LogP contribution in [-0.2, 0) is 0 Å². The number of carbonyl (C=O) groups excluding carboxylic acids is 1. The van der Waals surface area contributed by atoms with Crippen LogP contribution in [0.1, 0.15) is 41.6 Å². The van der Waals surface area contributed by atoms with Crippen LogP contribution in [0.15, 0.2) is 0 Å². The lowest BCUT2D eigenvalue weighted by atomic mass is 10.1. The quantitative estimate of drug-likeness (QED) is 0.720. The highest BCUT2D eigenvalue weighted by molar-refractivity contribution is 5.98. The maximum absolute atomic E-state index is 11.0. The van der Waals surface area contributed by atoms with Crippen molar-refractivity contribution in [2.75, 3.05) is 5.73 Å². The van der Waals surface area contributed by atoms with E-state index in [1.165, 1.54) is 0 Å². The third-order valence-electron chi connectivity index (χ3n) is 1.90. The summed E-state index contributed by atoms with van der Waals surface area (Å²) in [5, 5.41) is 0. The molecule has 0 aliphatic rings. The molecular formula is C9H14N4O.